The van der Waals surface area contributed by atoms with Gasteiger partial charge in [-0.2, -0.15) is 0 Å². The maximum atomic E-state index is 12.4. The number of halogens is 1. The minimum atomic E-state index is -0.428. The van der Waals surface area contributed by atoms with E-state index in [9.17, 15) is 14.4 Å². The van der Waals surface area contributed by atoms with Crippen molar-refractivity contribution in [3.05, 3.63) is 76.8 Å². The fraction of sp³-hybridized carbons (Fsp3) is 0.0556. The average Bonchev–Trinajstić information content (AvgIpc) is 2.82. The molecular formula is C18H13ClN2O3. The molecule has 0 radical (unpaired) electrons. The summed E-state index contributed by atoms with van der Waals surface area (Å²) in [6.07, 6.45) is 1.48. The van der Waals surface area contributed by atoms with Crippen LogP contribution in [0.4, 0.5) is 5.69 Å². The molecule has 1 aliphatic rings. The summed E-state index contributed by atoms with van der Waals surface area (Å²) in [6.45, 7) is 3.67. The largest absolute Gasteiger partial charge is 0.321 e. The van der Waals surface area contributed by atoms with Crippen molar-refractivity contribution in [1.82, 2.24) is 4.90 Å². The Hall–Kier alpha value is -2.92. The van der Waals surface area contributed by atoms with E-state index < -0.39 is 11.8 Å². The first kappa shape index (κ1) is 16.0. The average molecular weight is 341 g/mol. The Balaban J connectivity index is 1.89. The van der Waals surface area contributed by atoms with E-state index in [-0.39, 0.29) is 29.1 Å². The van der Waals surface area contributed by atoms with Crippen LogP contribution in [0.15, 0.2) is 55.1 Å². The first-order chi connectivity index (χ1) is 11.5. The summed E-state index contributed by atoms with van der Waals surface area (Å²) in [4.78, 5) is 37.9. The smallest absolute Gasteiger partial charge is 0.261 e. The van der Waals surface area contributed by atoms with Crippen molar-refractivity contribution in [3.63, 3.8) is 0 Å². The minimum absolute atomic E-state index is 0.132. The number of hydrogen-bond acceptors (Lipinski definition) is 3. The number of anilines is 1. The van der Waals surface area contributed by atoms with Gasteiger partial charge >= 0.3 is 0 Å². The lowest BCUT2D eigenvalue weighted by molar-refractivity contribution is 0.0672. The van der Waals surface area contributed by atoms with Crippen LogP contribution in [0.2, 0.25) is 5.02 Å². The number of nitrogens with zero attached hydrogens (tertiary/aromatic N) is 1. The van der Waals surface area contributed by atoms with Crippen LogP contribution in [-0.4, -0.2) is 29.2 Å². The third-order valence-electron chi connectivity index (χ3n) is 3.67. The van der Waals surface area contributed by atoms with E-state index in [1.165, 1.54) is 24.3 Å². The quantitative estimate of drug-likeness (QED) is 0.685. The second kappa shape index (κ2) is 6.29. The zero-order chi connectivity index (χ0) is 17.3. The van der Waals surface area contributed by atoms with Crippen LogP contribution in [0.25, 0.3) is 0 Å². The fourth-order valence-electron chi connectivity index (χ4n) is 2.48. The summed E-state index contributed by atoms with van der Waals surface area (Å²) < 4.78 is 0. The summed E-state index contributed by atoms with van der Waals surface area (Å²) in [5.74, 6) is -1.22. The first-order valence-corrected chi connectivity index (χ1v) is 7.57. The molecule has 0 aromatic heterocycles. The van der Waals surface area contributed by atoms with Crippen molar-refractivity contribution in [2.75, 3.05) is 11.9 Å². The monoisotopic (exact) mass is 340 g/mol. The van der Waals surface area contributed by atoms with Gasteiger partial charge in [-0.1, -0.05) is 29.8 Å². The highest BCUT2D eigenvalue weighted by Crippen LogP contribution is 2.25. The van der Waals surface area contributed by atoms with E-state index >= 15 is 0 Å². The molecule has 120 valence electrons. The normalized spacial score (nSPS) is 13.0. The Morgan fingerprint density at radius 3 is 2.54 bits per heavy atom. The van der Waals surface area contributed by atoms with E-state index in [1.54, 1.807) is 24.3 Å². The Morgan fingerprint density at radius 1 is 1.12 bits per heavy atom. The Morgan fingerprint density at radius 2 is 1.83 bits per heavy atom. The molecule has 3 amide bonds. The molecule has 3 rings (SSSR count). The van der Waals surface area contributed by atoms with Gasteiger partial charge in [-0.15, -0.1) is 6.58 Å². The van der Waals surface area contributed by atoms with Gasteiger partial charge in [0, 0.05) is 12.1 Å². The van der Waals surface area contributed by atoms with Gasteiger partial charge in [0.15, 0.2) is 0 Å². The summed E-state index contributed by atoms with van der Waals surface area (Å²) >= 11 is 6.02. The molecule has 1 heterocycles. The predicted molar refractivity (Wildman–Crippen MR) is 91.4 cm³/mol. The number of benzene rings is 2. The lowest BCUT2D eigenvalue weighted by Crippen LogP contribution is -2.29. The van der Waals surface area contributed by atoms with Crippen molar-refractivity contribution >= 4 is 35.0 Å². The predicted octanol–water partition coefficient (Wildman–Crippen LogP) is 3.37. The molecule has 2 aromatic carbocycles. The maximum Gasteiger partial charge on any atom is 0.261 e. The molecule has 24 heavy (non-hydrogen) atoms. The number of rotatable bonds is 4. The summed E-state index contributed by atoms with van der Waals surface area (Å²) in [6, 6.07) is 11.3. The topological polar surface area (TPSA) is 66.5 Å². The first-order valence-electron chi connectivity index (χ1n) is 7.20. The van der Waals surface area contributed by atoms with E-state index in [2.05, 4.69) is 11.9 Å². The van der Waals surface area contributed by atoms with Crippen LogP contribution in [0.1, 0.15) is 31.1 Å². The van der Waals surface area contributed by atoms with Crippen molar-refractivity contribution in [2.24, 2.45) is 0 Å². The SMILES string of the molecule is C=CCN1C(=O)c2ccc(C(=O)Nc3ccccc3Cl)cc2C1=O. The van der Waals surface area contributed by atoms with Gasteiger partial charge in [0.1, 0.15) is 0 Å². The third-order valence-corrected chi connectivity index (χ3v) is 4.00. The number of fused-ring (bicyclic) bond motifs is 1. The fourth-order valence-corrected chi connectivity index (χ4v) is 2.67. The van der Waals surface area contributed by atoms with Crippen molar-refractivity contribution in [2.45, 2.75) is 0 Å². The Bertz CT molecular complexity index is 876. The van der Waals surface area contributed by atoms with Crippen molar-refractivity contribution in [1.29, 1.82) is 0 Å². The molecule has 0 saturated heterocycles. The molecule has 1 aliphatic heterocycles. The maximum absolute atomic E-state index is 12.4. The van der Waals surface area contributed by atoms with Crippen molar-refractivity contribution < 1.29 is 14.4 Å². The highest BCUT2D eigenvalue weighted by molar-refractivity contribution is 6.34. The molecular weight excluding hydrogens is 328 g/mol. The van der Waals surface area contributed by atoms with Gasteiger partial charge < -0.3 is 5.32 Å². The van der Waals surface area contributed by atoms with Crippen molar-refractivity contribution in [3.8, 4) is 0 Å². The number of carbonyl (C=O) groups excluding carboxylic acids is 3. The molecule has 0 atom stereocenters. The van der Waals surface area contributed by atoms with Gasteiger partial charge in [0.25, 0.3) is 17.7 Å². The summed E-state index contributed by atoms with van der Waals surface area (Å²) in [5, 5.41) is 3.10. The van der Waals surface area contributed by atoms with Gasteiger partial charge in [-0.25, -0.2) is 0 Å². The van der Waals surface area contributed by atoms with Crippen LogP contribution in [0, 0.1) is 0 Å². The number of amides is 3. The standard InChI is InChI=1S/C18H13ClN2O3/c1-2-9-21-17(23)12-8-7-11(10-13(12)18(21)24)16(22)20-15-6-4-3-5-14(15)19/h2-8,10H,1,9H2,(H,20,22). The van der Waals surface area contributed by atoms with Gasteiger partial charge in [0.05, 0.1) is 21.8 Å². The molecule has 0 unspecified atom stereocenters. The molecule has 0 aliphatic carbocycles. The Labute approximate surface area is 143 Å². The van der Waals surface area contributed by atoms with Gasteiger partial charge in [-0.3, -0.25) is 19.3 Å². The Kier molecular flexibility index (Phi) is 4.18. The minimum Gasteiger partial charge on any atom is -0.321 e. The number of nitrogens with one attached hydrogen (secondary N) is 1. The van der Waals surface area contributed by atoms with E-state index in [0.29, 0.717) is 10.7 Å². The molecule has 6 heteroatoms. The molecule has 5 nitrogen and oxygen atoms in total. The number of para-hydroxylation sites is 1. The van der Waals surface area contributed by atoms with E-state index in [0.717, 1.165) is 4.90 Å². The van der Waals surface area contributed by atoms with Crippen LogP contribution in [0.3, 0.4) is 0 Å². The molecule has 0 saturated carbocycles. The second-order valence-corrected chi connectivity index (χ2v) is 5.61. The van der Waals surface area contributed by atoms with E-state index in [4.69, 9.17) is 11.6 Å². The lowest BCUT2D eigenvalue weighted by Gasteiger charge is -2.09. The zero-order valence-electron chi connectivity index (χ0n) is 12.6. The van der Waals surface area contributed by atoms with Crippen LogP contribution < -0.4 is 5.32 Å². The highest BCUT2D eigenvalue weighted by Gasteiger charge is 2.35. The lowest BCUT2D eigenvalue weighted by atomic mass is 10.1. The zero-order valence-corrected chi connectivity index (χ0v) is 13.3. The van der Waals surface area contributed by atoms with Gasteiger partial charge in [0.2, 0.25) is 0 Å². The van der Waals surface area contributed by atoms with Crippen LogP contribution >= 0.6 is 11.6 Å². The molecule has 0 bridgehead atoms. The number of hydrogen-bond donors (Lipinski definition) is 1. The molecule has 1 N–H and O–H groups in total. The number of carbonyl (C=O) groups is 3. The summed E-state index contributed by atoms with van der Waals surface area (Å²) in [7, 11) is 0. The third kappa shape index (κ3) is 2.70. The number of imide groups is 1. The van der Waals surface area contributed by atoms with Crippen LogP contribution in [0.5, 0.6) is 0 Å². The molecule has 0 fully saturated rings. The molecule has 2 aromatic rings. The highest BCUT2D eigenvalue weighted by atomic mass is 35.5. The van der Waals surface area contributed by atoms with Gasteiger partial charge in [-0.05, 0) is 30.3 Å². The van der Waals surface area contributed by atoms with Crippen LogP contribution in [-0.2, 0) is 0 Å². The summed E-state index contributed by atoms with van der Waals surface area (Å²) in [5.41, 5.74) is 1.25. The van der Waals surface area contributed by atoms with E-state index in [1.807, 2.05) is 0 Å². The molecule has 0 spiro atoms. The second-order valence-electron chi connectivity index (χ2n) is 5.20.